The summed E-state index contributed by atoms with van der Waals surface area (Å²) in [7, 11) is 0. The van der Waals surface area contributed by atoms with Gasteiger partial charge in [0, 0.05) is 0 Å². The van der Waals surface area contributed by atoms with Gasteiger partial charge in [0.1, 0.15) is 9.75 Å². The standard InChI is InChI=1S/C13H11Cl6NO3/c1-3-4(2)23-20-9(21)5-6(10(20)22)12(17)8(15)7(14)11(5,16)13(12,18)19/h4-6H,3H2,1-2H3/t4-,5-,6+,11-,12-/m1/s1. The molecule has 0 N–H and O–H groups in total. The van der Waals surface area contributed by atoms with Gasteiger partial charge in [-0.1, -0.05) is 53.3 Å². The number of carbonyl (C=O) groups is 2. The van der Waals surface area contributed by atoms with E-state index < -0.39 is 37.7 Å². The fourth-order valence-corrected chi connectivity index (χ4v) is 6.26. The summed E-state index contributed by atoms with van der Waals surface area (Å²) >= 11 is 38.1. The van der Waals surface area contributed by atoms with Crippen LogP contribution in [-0.2, 0) is 14.4 Å². The molecule has 3 rings (SSSR count). The molecule has 1 saturated carbocycles. The first kappa shape index (κ1) is 18.4. The fourth-order valence-electron chi connectivity index (χ4n) is 3.33. The number of hydrogen-bond acceptors (Lipinski definition) is 3. The van der Waals surface area contributed by atoms with Gasteiger partial charge in [-0.15, -0.1) is 23.2 Å². The molecule has 2 amide bonds. The van der Waals surface area contributed by atoms with E-state index in [9.17, 15) is 9.59 Å². The minimum atomic E-state index is -1.92. The van der Waals surface area contributed by atoms with Crippen LogP contribution in [0.15, 0.2) is 10.1 Å². The average Bonchev–Trinajstić information content (AvgIpc) is 2.86. The van der Waals surface area contributed by atoms with Crippen molar-refractivity contribution < 1.29 is 14.4 Å². The van der Waals surface area contributed by atoms with Crippen LogP contribution in [0.1, 0.15) is 20.3 Å². The van der Waals surface area contributed by atoms with E-state index in [0.29, 0.717) is 11.5 Å². The summed E-state index contributed by atoms with van der Waals surface area (Å²) in [5, 5.41) is 0.447. The van der Waals surface area contributed by atoms with Gasteiger partial charge in [0.2, 0.25) is 0 Å². The summed E-state index contributed by atoms with van der Waals surface area (Å²) in [6.45, 7) is 3.58. The maximum Gasteiger partial charge on any atom is 0.259 e. The molecule has 0 aromatic heterocycles. The first-order valence-electron chi connectivity index (χ1n) is 6.84. The summed E-state index contributed by atoms with van der Waals surface area (Å²) in [5.74, 6) is -3.65. The number of hydrogen-bond donors (Lipinski definition) is 0. The number of fused-ring (bicyclic) bond motifs is 5. The van der Waals surface area contributed by atoms with Crippen LogP contribution in [0.4, 0.5) is 0 Å². The maximum absolute atomic E-state index is 12.7. The Morgan fingerprint density at radius 2 is 1.43 bits per heavy atom. The first-order chi connectivity index (χ1) is 10.5. The van der Waals surface area contributed by atoms with E-state index in [1.807, 2.05) is 6.92 Å². The molecule has 2 aliphatic carbocycles. The monoisotopic (exact) mass is 439 g/mol. The molecule has 1 heterocycles. The van der Waals surface area contributed by atoms with Crippen LogP contribution in [0, 0.1) is 11.8 Å². The smallest absolute Gasteiger partial charge is 0.259 e. The molecule has 1 saturated heterocycles. The molecule has 0 aromatic rings. The van der Waals surface area contributed by atoms with E-state index in [1.165, 1.54) is 0 Å². The molecule has 2 bridgehead atoms. The molecule has 0 unspecified atom stereocenters. The van der Waals surface area contributed by atoms with Crippen molar-refractivity contribution in [3.05, 3.63) is 10.1 Å². The molecular weight excluding hydrogens is 431 g/mol. The number of nitrogens with zero attached hydrogens (tertiary/aromatic N) is 1. The minimum absolute atomic E-state index is 0.117. The Morgan fingerprint density at radius 3 is 1.78 bits per heavy atom. The highest BCUT2D eigenvalue weighted by atomic mass is 35.5. The predicted molar refractivity (Wildman–Crippen MR) is 90.0 cm³/mol. The van der Waals surface area contributed by atoms with Crippen LogP contribution in [0.5, 0.6) is 0 Å². The van der Waals surface area contributed by atoms with Crippen molar-refractivity contribution in [3.8, 4) is 0 Å². The van der Waals surface area contributed by atoms with Gasteiger partial charge >= 0.3 is 0 Å². The molecule has 128 valence electrons. The highest BCUT2D eigenvalue weighted by molar-refractivity contribution is 6.66. The molecule has 0 aromatic carbocycles. The highest BCUT2D eigenvalue weighted by Gasteiger charge is 2.87. The van der Waals surface area contributed by atoms with Gasteiger partial charge in [-0.3, -0.25) is 14.4 Å². The molecule has 23 heavy (non-hydrogen) atoms. The van der Waals surface area contributed by atoms with Crippen LogP contribution in [0.25, 0.3) is 0 Å². The second kappa shape index (κ2) is 5.29. The lowest BCUT2D eigenvalue weighted by molar-refractivity contribution is -0.203. The highest BCUT2D eigenvalue weighted by Crippen LogP contribution is 2.77. The Morgan fingerprint density at radius 1 is 1.04 bits per heavy atom. The van der Waals surface area contributed by atoms with Crippen LogP contribution >= 0.6 is 69.6 Å². The topological polar surface area (TPSA) is 46.6 Å². The summed E-state index contributed by atoms with van der Waals surface area (Å²) < 4.78 is -1.92. The minimum Gasteiger partial charge on any atom is -0.272 e. The lowest BCUT2D eigenvalue weighted by Crippen LogP contribution is -2.50. The maximum atomic E-state index is 12.7. The molecule has 4 nitrogen and oxygen atoms in total. The van der Waals surface area contributed by atoms with Gasteiger partial charge in [0.25, 0.3) is 11.8 Å². The van der Waals surface area contributed by atoms with E-state index in [4.69, 9.17) is 74.4 Å². The Balaban J connectivity index is 2.13. The Kier molecular flexibility index (Phi) is 4.23. The normalized spacial score (nSPS) is 42.7. The molecule has 10 heteroatoms. The number of amides is 2. The number of hydroxylamine groups is 2. The molecule has 1 aliphatic heterocycles. The lowest BCUT2D eigenvalue weighted by atomic mass is 9.84. The molecule has 5 atom stereocenters. The van der Waals surface area contributed by atoms with Crippen molar-refractivity contribution in [3.63, 3.8) is 0 Å². The van der Waals surface area contributed by atoms with E-state index in [0.717, 1.165) is 0 Å². The first-order valence-corrected chi connectivity index (χ1v) is 9.11. The Labute approximate surface area is 162 Å². The summed E-state index contributed by atoms with van der Waals surface area (Å²) in [6, 6.07) is 0. The number of rotatable bonds is 3. The number of imide groups is 1. The van der Waals surface area contributed by atoms with Gasteiger partial charge in [-0.05, 0) is 13.3 Å². The van der Waals surface area contributed by atoms with Gasteiger partial charge in [0.15, 0.2) is 4.33 Å². The molecule has 3 aliphatic rings. The Hall–Kier alpha value is 0.580. The van der Waals surface area contributed by atoms with Gasteiger partial charge in [0.05, 0.1) is 28.0 Å². The molecule has 0 radical (unpaired) electrons. The van der Waals surface area contributed by atoms with Gasteiger partial charge < -0.3 is 0 Å². The molecule has 2 fully saturated rings. The summed E-state index contributed by atoms with van der Waals surface area (Å²) in [5.41, 5.74) is 0. The van der Waals surface area contributed by atoms with Crippen molar-refractivity contribution in [1.29, 1.82) is 0 Å². The van der Waals surface area contributed by atoms with Crippen LogP contribution < -0.4 is 0 Å². The zero-order valence-electron chi connectivity index (χ0n) is 11.9. The van der Waals surface area contributed by atoms with Gasteiger partial charge in [-0.25, -0.2) is 0 Å². The van der Waals surface area contributed by atoms with Gasteiger partial charge in [-0.2, -0.15) is 5.06 Å². The van der Waals surface area contributed by atoms with Crippen LogP contribution in [0.2, 0.25) is 0 Å². The number of allylic oxidation sites excluding steroid dienone is 2. The molecular formula is C13H11Cl6NO3. The summed E-state index contributed by atoms with van der Waals surface area (Å²) in [4.78, 5) is 27.3. The van der Waals surface area contributed by atoms with Crippen molar-refractivity contribution in [2.24, 2.45) is 11.8 Å². The van der Waals surface area contributed by atoms with Crippen LogP contribution in [0.3, 0.4) is 0 Å². The largest absolute Gasteiger partial charge is 0.272 e. The Bertz CT molecular complexity index is 606. The lowest BCUT2D eigenvalue weighted by Gasteiger charge is -2.34. The number of alkyl halides is 4. The zero-order valence-corrected chi connectivity index (χ0v) is 16.4. The van der Waals surface area contributed by atoms with E-state index in [1.54, 1.807) is 6.92 Å². The van der Waals surface area contributed by atoms with E-state index in [2.05, 4.69) is 0 Å². The van der Waals surface area contributed by atoms with Crippen LogP contribution in [-0.4, -0.2) is 37.1 Å². The predicted octanol–water partition coefficient (Wildman–Crippen LogP) is 4.16. The van der Waals surface area contributed by atoms with Crippen molar-refractivity contribution in [2.45, 2.75) is 40.5 Å². The number of carbonyl (C=O) groups excluding carboxylic acids is 2. The zero-order chi connectivity index (χ0) is 17.5. The number of halogens is 6. The third kappa shape index (κ3) is 1.82. The quantitative estimate of drug-likeness (QED) is 0.488. The third-order valence-corrected chi connectivity index (χ3v) is 8.99. The van der Waals surface area contributed by atoms with E-state index in [-0.39, 0.29) is 16.2 Å². The SMILES string of the molecule is CC[C@@H](C)ON1C(=O)[C@@H]2[C@H](C1=O)[C@@]1(Cl)C(Cl)=C(Cl)[C@@]2(Cl)C1(Cl)Cl. The second-order valence-electron chi connectivity index (χ2n) is 5.88. The molecule has 0 spiro atoms. The van der Waals surface area contributed by atoms with Crippen molar-refractivity contribution in [2.75, 3.05) is 0 Å². The average molecular weight is 442 g/mol. The second-order valence-corrected chi connectivity index (χ2v) is 9.15. The van der Waals surface area contributed by atoms with Crippen molar-refractivity contribution >= 4 is 81.4 Å². The third-order valence-electron chi connectivity index (χ3n) is 4.73. The van der Waals surface area contributed by atoms with Crippen molar-refractivity contribution in [1.82, 2.24) is 5.06 Å². The van der Waals surface area contributed by atoms with E-state index >= 15 is 0 Å². The summed E-state index contributed by atoms with van der Waals surface area (Å²) in [6.07, 6.45) is 0.242. The fraction of sp³-hybridized carbons (Fsp3) is 0.692.